The zero-order valence-corrected chi connectivity index (χ0v) is 26.5. The predicted octanol–water partition coefficient (Wildman–Crippen LogP) is 3.86. The molecule has 2 fully saturated rings. The quantitative estimate of drug-likeness (QED) is 0.392. The monoisotopic (exact) mass is 635 g/mol. The Morgan fingerprint density at radius 3 is 1.85 bits per heavy atom. The summed E-state index contributed by atoms with van der Waals surface area (Å²) < 4.78 is 0. The van der Waals surface area contributed by atoms with Crippen LogP contribution in [0.25, 0.3) is 0 Å². The molecule has 0 bridgehead atoms. The van der Waals surface area contributed by atoms with E-state index in [2.05, 4.69) is 34.1 Å². The number of fused-ring (bicyclic) bond motifs is 3. The number of hydrogen-bond donors (Lipinski definition) is 0. The molecule has 7 rings (SSSR count). The van der Waals surface area contributed by atoms with Crippen LogP contribution >= 0.6 is 11.8 Å². The summed E-state index contributed by atoms with van der Waals surface area (Å²) in [5.74, 6) is 0.616. The number of carbonyl (C=O) groups is 3. The molecule has 3 amide bonds. The van der Waals surface area contributed by atoms with Gasteiger partial charge in [-0.3, -0.25) is 19.4 Å². The molecule has 2 saturated heterocycles. The Bertz CT molecular complexity index is 1650. The first kappa shape index (κ1) is 30.0. The minimum atomic E-state index is -0.664. The Hall–Kier alpha value is -4.64. The number of piperazine rings is 2. The SMILES string of the molecule is O=C(CC[C@H]1N=C2c3ccccc3N=C(SCC(=O)N3CCN(c4ccccc4)CC3)N2C1=O)N1CCN(c2ccccc2)CC1. The molecule has 4 heterocycles. The van der Waals surface area contributed by atoms with Gasteiger partial charge in [0, 0.05) is 75.7 Å². The van der Waals surface area contributed by atoms with Crippen molar-refractivity contribution in [3.63, 3.8) is 0 Å². The normalized spacial score (nSPS) is 19.4. The molecule has 4 aliphatic rings. The van der Waals surface area contributed by atoms with E-state index in [-0.39, 0.29) is 29.9 Å². The lowest BCUT2D eigenvalue weighted by molar-refractivity contribution is -0.132. The highest BCUT2D eigenvalue weighted by atomic mass is 32.2. The van der Waals surface area contributed by atoms with Crippen LogP contribution in [-0.2, 0) is 14.4 Å². The van der Waals surface area contributed by atoms with Gasteiger partial charge in [0.15, 0.2) is 5.17 Å². The van der Waals surface area contributed by atoms with Crippen molar-refractivity contribution in [3.05, 3.63) is 90.5 Å². The second kappa shape index (κ2) is 13.4. The number of hydrogen-bond acceptors (Lipinski definition) is 8. The second-order valence-corrected chi connectivity index (χ2v) is 12.7. The van der Waals surface area contributed by atoms with Gasteiger partial charge in [-0.2, -0.15) is 0 Å². The number of amides is 3. The largest absolute Gasteiger partial charge is 0.368 e. The molecule has 236 valence electrons. The molecule has 0 spiro atoms. The summed E-state index contributed by atoms with van der Waals surface area (Å²) in [5, 5.41) is 0.463. The molecule has 0 unspecified atom stereocenters. The average molecular weight is 636 g/mol. The first-order chi connectivity index (χ1) is 22.5. The number of carbonyl (C=O) groups excluding carboxylic acids is 3. The van der Waals surface area contributed by atoms with E-state index in [9.17, 15) is 14.4 Å². The summed E-state index contributed by atoms with van der Waals surface area (Å²) in [5.41, 5.74) is 3.85. The highest BCUT2D eigenvalue weighted by Crippen LogP contribution is 2.34. The van der Waals surface area contributed by atoms with Gasteiger partial charge in [0.05, 0.1) is 11.4 Å². The third-order valence-corrected chi connectivity index (χ3v) is 9.93. The fraction of sp³-hybridized carbons (Fsp3) is 0.343. The van der Waals surface area contributed by atoms with Crippen LogP contribution in [-0.4, -0.2) is 108 Å². The number of para-hydroxylation sites is 3. The van der Waals surface area contributed by atoms with Crippen LogP contribution in [0.1, 0.15) is 18.4 Å². The molecular formula is C35H37N7O3S. The molecule has 0 aromatic heterocycles. The molecule has 0 N–H and O–H groups in total. The van der Waals surface area contributed by atoms with Crippen LogP contribution < -0.4 is 9.80 Å². The van der Waals surface area contributed by atoms with Crippen molar-refractivity contribution >= 4 is 57.5 Å². The minimum absolute atomic E-state index is 0.0268. The summed E-state index contributed by atoms with van der Waals surface area (Å²) in [4.78, 5) is 59.7. The first-order valence-corrected chi connectivity index (χ1v) is 16.9. The predicted molar refractivity (Wildman–Crippen MR) is 183 cm³/mol. The van der Waals surface area contributed by atoms with E-state index in [1.165, 1.54) is 23.1 Å². The third kappa shape index (κ3) is 6.24. The lowest BCUT2D eigenvalue weighted by atomic mass is 10.1. The Morgan fingerprint density at radius 1 is 0.696 bits per heavy atom. The van der Waals surface area contributed by atoms with E-state index in [0.717, 1.165) is 37.4 Å². The molecular weight excluding hydrogens is 598 g/mol. The molecule has 46 heavy (non-hydrogen) atoms. The number of anilines is 2. The summed E-state index contributed by atoms with van der Waals surface area (Å²) in [6.45, 7) is 5.73. The van der Waals surface area contributed by atoms with Crippen LogP contribution in [0.4, 0.5) is 17.1 Å². The van der Waals surface area contributed by atoms with Gasteiger partial charge in [0.1, 0.15) is 11.9 Å². The smallest absolute Gasteiger partial charge is 0.259 e. The van der Waals surface area contributed by atoms with Crippen LogP contribution in [0, 0.1) is 0 Å². The van der Waals surface area contributed by atoms with E-state index in [0.29, 0.717) is 43.6 Å². The van der Waals surface area contributed by atoms with Gasteiger partial charge in [0.2, 0.25) is 11.8 Å². The lowest BCUT2D eigenvalue weighted by Crippen LogP contribution is -2.49. The van der Waals surface area contributed by atoms with E-state index in [4.69, 9.17) is 9.98 Å². The van der Waals surface area contributed by atoms with E-state index in [1.54, 1.807) is 4.90 Å². The maximum atomic E-state index is 13.8. The summed E-state index contributed by atoms with van der Waals surface area (Å²) in [6.07, 6.45) is 0.586. The maximum absolute atomic E-state index is 13.8. The van der Waals surface area contributed by atoms with Crippen LogP contribution in [0.15, 0.2) is 94.9 Å². The van der Waals surface area contributed by atoms with Gasteiger partial charge in [-0.25, -0.2) is 9.89 Å². The topological polar surface area (TPSA) is 92.1 Å². The van der Waals surface area contributed by atoms with Gasteiger partial charge >= 0.3 is 0 Å². The Labute approximate surface area is 273 Å². The number of benzene rings is 3. The van der Waals surface area contributed by atoms with Crippen molar-refractivity contribution in [3.8, 4) is 0 Å². The minimum Gasteiger partial charge on any atom is -0.368 e. The number of nitrogens with zero attached hydrogens (tertiary/aromatic N) is 7. The molecule has 1 atom stereocenters. The fourth-order valence-electron chi connectivity index (χ4n) is 6.43. The standard InChI is InChI=1S/C35H37N7O3S/c43-31(40-21-17-38(18-22-40)26-9-3-1-4-10-26)16-15-30-34(45)42-33(36-30)28-13-7-8-14-29(28)37-35(42)46-25-32(44)41-23-19-39(20-24-41)27-11-5-2-6-12-27/h1-14,30H,15-25H2/t30-/m1/s1. The average Bonchev–Trinajstić information content (AvgIpc) is 3.46. The van der Waals surface area contributed by atoms with Crippen LogP contribution in [0.5, 0.6) is 0 Å². The Balaban J connectivity index is 0.958. The molecule has 0 aliphatic carbocycles. The molecule has 3 aromatic rings. The summed E-state index contributed by atoms with van der Waals surface area (Å²) in [6, 6.07) is 27.4. The van der Waals surface area contributed by atoms with Gasteiger partial charge in [-0.05, 0) is 42.8 Å². The molecule has 0 radical (unpaired) electrons. The van der Waals surface area contributed by atoms with E-state index >= 15 is 0 Å². The summed E-state index contributed by atoms with van der Waals surface area (Å²) in [7, 11) is 0. The number of amidine groups is 2. The van der Waals surface area contributed by atoms with Crippen molar-refractivity contribution in [1.82, 2.24) is 14.7 Å². The number of aliphatic imine (C=N–C) groups is 2. The fourth-order valence-corrected chi connectivity index (χ4v) is 7.33. The van der Waals surface area contributed by atoms with Crippen molar-refractivity contribution in [2.45, 2.75) is 18.9 Å². The number of rotatable bonds is 7. The van der Waals surface area contributed by atoms with Crippen LogP contribution in [0.3, 0.4) is 0 Å². The highest BCUT2D eigenvalue weighted by Gasteiger charge is 2.42. The zero-order valence-electron chi connectivity index (χ0n) is 25.7. The first-order valence-electron chi connectivity index (χ1n) is 15.9. The zero-order chi connectivity index (χ0) is 31.5. The van der Waals surface area contributed by atoms with Crippen molar-refractivity contribution in [1.29, 1.82) is 0 Å². The van der Waals surface area contributed by atoms with Gasteiger partial charge in [-0.15, -0.1) is 0 Å². The van der Waals surface area contributed by atoms with E-state index in [1.807, 2.05) is 70.5 Å². The maximum Gasteiger partial charge on any atom is 0.259 e. The van der Waals surface area contributed by atoms with Crippen molar-refractivity contribution in [2.75, 3.05) is 67.9 Å². The lowest BCUT2D eigenvalue weighted by Gasteiger charge is -2.36. The van der Waals surface area contributed by atoms with E-state index < -0.39 is 6.04 Å². The highest BCUT2D eigenvalue weighted by molar-refractivity contribution is 8.14. The molecule has 4 aliphatic heterocycles. The molecule has 3 aromatic carbocycles. The summed E-state index contributed by atoms with van der Waals surface area (Å²) >= 11 is 1.28. The number of thioether (sulfide) groups is 1. The molecule has 10 nitrogen and oxygen atoms in total. The van der Waals surface area contributed by atoms with Gasteiger partial charge < -0.3 is 19.6 Å². The van der Waals surface area contributed by atoms with Gasteiger partial charge in [-0.1, -0.05) is 60.3 Å². The van der Waals surface area contributed by atoms with Gasteiger partial charge in [0.25, 0.3) is 5.91 Å². The Kier molecular flexibility index (Phi) is 8.74. The third-order valence-electron chi connectivity index (χ3n) is 9.01. The molecule has 11 heteroatoms. The molecule has 0 saturated carbocycles. The van der Waals surface area contributed by atoms with Crippen molar-refractivity contribution in [2.24, 2.45) is 9.98 Å². The van der Waals surface area contributed by atoms with Crippen LogP contribution in [0.2, 0.25) is 0 Å². The second-order valence-electron chi connectivity index (χ2n) is 11.8. The van der Waals surface area contributed by atoms with Crippen molar-refractivity contribution < 1.29 is 14.4 Å². The Morgan fingerprint density at radius 2 is 1.24 bits per heavy atom.